The Morgan fingerprint density at radius 3 is 2.03 bits per heavy atom. The standard InChI is InChI=1S/C24H25NO4/c1-25(2)15-20(16-10-12-22(28-4)23(14-16)29-5)24(26)19-11-13-21(27-3)18-9-7-6-8-17(18)19/h6-15H,1-5H3/b20-15+. The summed E-state index contributed by atoms with van der Waals surface area (Å²) in [6, 6.07) is 16.9. The number of nitrogens with zero attached hydrogens (tertiary/aromatic N) is 1. The summed E-state index contributed by atoms with van der Waals surface area (Å²) >= 11 is 0. The average Bonchev–Trinajstić information content (AvgIpc) is 2.75. The molecule has 0 fully saturated rings. The fourth-order valence-corrected chi connectivity index (χ4v) is 3.32. The molecular weight excluding hydrogens is 366 g/mol. The van der Waals surface area contributed by atoms with E-state index in [9.17, 15) is 4.79 Å². The van der Waals surface area contributed by atoms with Crippen molar-refractivity contribution in [3.8, 4) is 17.2 Å². The molecule has 5 nitrogen and oxygen atoms in total. The molecule has 3 rings (SSSR count). The molecule has 0 radical (unpaired) electrons. The molecule has 0 aliphatic carbocycles. The van der Waals surface area contributed by atoms with Gasteiger partial charge in [0.25, 0.3) is 0 Å². The maximum atomic E-state index is 13.6. The Kier molecular flexibility index (Phi) is 6.07. The summed E-state index contributed by atoms with van der Waals surface area (Å²) in [5, 5.41) is 1.75. The van der Waals surface area contributed by atoms with Gasteiger partial charge in [0.05, 0.1) is 21.3 Å². The first-order valence-corrected chi connectivity index (χ1v) is 9.21. The van der Waals surface area contributed by atoms with Crippen molar-refractivity contribution in [1.82, 2.24) is 4.90 Å². The molecule has 0 saturated carbocycles. The number of carbonyl (C=O) groups excluding carboxylic acids is 1. The molecule has 0 heterocycles. The number of hydrogen-bond donors (Lipinski definition) is 0. The topological polar surface area (TPSA) is 48.0 Å². The van der Waals surface area contributed by atoms with E-state index < -0.39 is 0 Å². The van der Waals surface area contributed by atoms with Crippen molar-refractivity contribution in [2.24, 2.45) is 0 Å². The Hall–Kier alpha value is -3.47. The van der Waals surface area contributed by atoms with Gasteiger partial charge in [-0.2, -0.15) is 0 Å². The Labute approximate surface area is 171 Å². The Morgan fingerprint density at radius 1 is 0.793 bits per heavy atom. The van der Waals surface area contributed by atoms with E-state index in [0.717, 1.165) is 22.1 Å². The zero-order valence-corrected chi connectivity index (χ0v) is 17.4. The Bertz CT molecular complexity index is 1070. The van der Waals surface area contributed by atoms with E-state index in [2.05, 4.69) is 0 Å². The summed E-state index contributed by atoms with van der Waals surface area (Å²) in [6.45, 7) is 0. The van der Waals surface area contributed by atoms with Crippen LogP contribution in [0.15, 0.2) is 60.8 Å². The number of rotatable bonds is 7. The van der Waals surface area contributed by atoms with E-state index in [1.165, 1.54) is 0 Å². The lowest BCUT2D eigenvalue weighted by Gasteiger charge is -2.16. The lowest BCUT2D eigenvalue weighted by molar-refractivity contribution is 0.105. The van der Waals surface area contributed by atoms with Crippen molar-refractivity contribution in [1.29, 1.82) is 0 Å². The van der Waals surface area contributed by atoms with Crippen LogP contribution in [0.25, 0.3) is 16.3 Å². The second kappa shape index (κ2) is 8.69. The van der Waals surface area contributed by atoms with E-state index in [1.807, 2.05) is 73.7 Å². The molecular formula is C24H25NO4. The van der Waals surface area contributed by atoms with Crippen LogP contribution in [0.2, 0.25) is 0 Å². The number of carbonyl (C=O) groups is 1. The number of ketones is 1. The zero-order valence-electron chi connectivity index (χ0n) is 17.4. The van der Waals surface area contributed by atoms with E-state index in [1.54, 1.807) is 27.4 Å². The lowest BCUT2D eigenvalue weighted by Crippen LogP contribution is -2.10. The number of hydrogen-bond acceptors (Lipinski definition) is 5. The monoisotopic (exact) mass is 391 g/mol. The predicted octanol–water partition coefficient (Wildman–Crippen LogP) is 4.65. The van der Waals surface area contributed by atoms with Crippen LogP contribution in [0.5, 0.6) is 17.2 Å². The molecule has 0 unspecified atom stereocenters. The number of fused-ring (bicyclic) bond motifs is 1. The smallest absolute Gasteiger partial charge is 0.195 e. The average molecular weight is 391 g/mol. The molecule has 5 heteroatoms. The van der Waals surface area contributed by atoms with E-state index in [-0.39, 0.29) is 5.78 Å². The van der Waals surface area contributed by atoms with Gasteiger partial charge in [-0.25, -0.2) is 0 Å². The quantitative estimate of drug-likeness (QED) is 0.433. The van der Waals surface area contributed by atoms with Crippen molar-refractivity contribution >= 4 is 22.1 Å². The van der Waals surface area contributed by atoms with E-state index >= 15 is 0 Å². The molecule has 150 valence electrons. The number of allylic oxidation sites excluding steroid dienone is 1. The number of ether oxygens (including phenoxy) is 3. The molecule has 0 aliphatic rings. The SMILES string of the molecule is COc1ccc(/C(=C\N(C)C)C(=O)c2ccc(OC)c3ccccc23)cc1OC. The van der Waals surface area contributed by atoms with Gasteiger partial charge in [-0.05, 0) is 35.2 Å². The van der Waals surface area contributed by atoms with Gasteiger partial charge in [0, 0.05) is 36.8 Å². The van der Waals surface area contributed by atoms with Gasteiger partial charge in [-0.15, -0.1) is 0 Å². The van der Waals surface area contributed by atoms with Gasteiger partial charge in [0.2, 0.25) is 0 Å². The third kappa shape index (κ3) is 4.04. The van der Waals surface area contributed by atoms with Crippen LogP contribution in [0.1, 0.15) is 15.9 Å². The number of benzene rings is 3. The van der Waals surface area contributed by atoms with Crippen molar-refractivity contribution in [3.63, 3.8) is 0 Å². The van der Waals surface area contributed by atoms with Crippen molar-refractivity contribution in [2.45, 2.75) is 0 Å². The van der Waals surface area contributed by atoms with Gasteiger partial charge in [-0.1, -0.05) is 30.3 Å². The van der Waals surface area contributed by atoms with Crippen molar-refractivity contribution < 1.29 is 19.0 Å². The molecule has 3 aromatic carbocycles. The third-order valence-electron chi connectivity index (χ3n) is 4.68. The second-order valence-corrected chi connectivity index (χ2v) is 6.77. The Balaban J connectivity index is 2.17. The maximum Gasteiger partial charge on any atom is 0.195 e. The highest BCUT2D eigenvalue weighted by molar-refractivity contribution is 6.32. The van der Waals surface area contributed by atoms with Gasteiger partial charge >= 0.3 is 0 Å². The van der Waals surface area contributed by atoms with Crippen LogP contribution in [0, 0.1) is 0 Å². The van der Waals surface area contributed by atoms with Gasteiger partial charge in [-0.3, -0.25) is 4.79 Å². The first kappa shape index (κ1) is 20.3. The largest absolute Gasteiger partial charge is 0.496 e. The zero-order chi connectivity index (χ0) is 21.0. The normalized spacial score (nSPS) is 11.3. The molecule has 0 spiro atoms. The first-order chi connectivity index (χ1) is 14.0. The molecule has 3 aromatic rings. The molecule has 0 N–H and O–H groups in total. The fourth-order valence-electron chi connectivity index (χ4n) is 3.32. The molecule has 0 aromatic heterocycles. The summed E-state index contributed by atoms with van der Waals surface area (Å²) < 4.78 is 16.2. The highest BCUT2D eigenvalue weighted by atomic mass is 16.5. The minimum absolute atomic E-state index is 0.0789. The predicted molar refractivity (Wildman–Crippen MR) is 116 cm³/mol. The molecule has 0 aliphatic heterocycles. The molecule has 0 amide bonds. The summed E-state index contributed by atoms with van der Waals surface area (Å²) in [7, 11) is 8.57. The maximum absolute atomic E-state index is 13.6. The number of methoxy groups -OCH3 is 3. The van der Waals surface area contributed by atoms with Crippen LogP contribution >= 0.6 is 0 Å². The van der Waals surface area contributed by atoms with Crippen LogP contribution in [0.4, 0.5) is 0 Å². The minimum atomic E-state index is -0.0789. The summed E-state index contributed by atoms with van der Waals surface area (Å²) in [5.41, 5.74) is 1.93. The van der Waals surface area contributed by atoms with Gasteiger partial charge < -0.3 is 19.1 Å². The van der Waals surface area contributed by atoms with Gasteiger partial charge in [0.15, 0.2) is 17.3 Å². The number of Topliss-reactive ketones (excluding diaryl/α,β-unsaturated/α-hetero) is 1. The fraction of sp³-hybridized carbons (Fsp3) is 0.208. The summed E-state index contributed by atoms with van der Waals surface area (Å²) in [6.07, 6.45) is 1.82. The van der Waals surface area contributed by atoms with E-state index in [0.29, 0.717) is 22.6 Å². The van der Waals surface area contributed by atoms with Gasteiger partial charge in [0.1, 0.15) is 5.75 Å². The van der Waals surface area contributed by atoms with E-state index in [4.69, 9.17) is 14.2 Å². The lowest BCUT2D eigenvalue weighted by atomic mass is 9.93. The van der Waals surface area contributed by atoms with Crippen LogP contribution in [-0.2, 0) is 0 Å². The van der Waals surface area contributed by atoms with Crippen LogP contribution in [0.3, 0.4) is 0 Å². The highest BCUT2D eigenvalue weighted by Gasteiger charge is 2.20. The third-order valence-corrected chi connectivity index (χ3v) is 4.68. The molecule has 29 heavy (non-hydrogen) atoms. The second-order valence-electron chi connectivity index (χ2n) is 6.77. The summed E-state index contributed by atoms with van der Waals surface area (Å²) in [4.78, 5) is 15.5. The molecule has 0 atom stereocenters. The Morgan fingerprint density at radius 2 is 1.41 bits per heavy atom. The first-order valence-electron chi connectivity index (χ1n) is 9.21. The van der Waals surface area contributed by atoms with Crippen LogP contribution in [-0.4, -0.2) is 46.1 Å². The summed E-state index contributed by atoms with van der Waals surface area (Å²) in [5.74, 6) is 1.84. The molecule has 0 bridgehead atoms. The van der Waals surface area contributed by atoms with Crippen molar-refractivity contribution in [3.05, 3.63) is 71.9 Å². The van der Waals surface area contributed by atoms with Crippen molar-refractivity contribution in [2.75, 3.05) is 35.4 Å². The minimum Gasteiger partial charge on any atom is -0.496 e. The highest BCUT2D eigenvalue weighted by Crippen LogP contribution is 2.34. The van der Waals surface area contributed by atoms with Crippen LogP contribution < -0.4 is 14.2 Å². The molecule has 0 saturated heterocycles.